The molecule has 1 aromatic rings. The highest BCUT2D eigenvalue weighted by atomic mass is 32.2. The van der Waals surface area contributed by atoms with E-state index in [2.05, 4.69) is 42.8 Å². The summed E-state index contributed by atoms with van der Waals surface area (Å²) in [6.07, 6.45) is 6.14. The molecule has 1 fully saturated rings. The van der Waals surface area contributed by atoms with Crippen molar-refractivity contribution in [3.8, 4) is 0 Å². The number of rotatable bonds is 3. The second-order valence-electron chi connectivity index (χ2n) is 4.49. The third kappa shape index (κ3) is 2.91. The van der Waals surface area contributed by atoms with Crippen LogP contribution in [0.25, 0.3) is 0 Å². The SMILES string of the molecule is CSc1cccc(N[C@H]2CC[C@@H](C)C2)c1. The first-order valence-electron chi connectivity index (χ1n) is 5.68. The van der Waals surface area contributed by atoms with E-state index in [9.17, 15) is 0 Å². The van der Waals surface area contributed by atoms with Crippen molar-refractivity contribution in [2.45, 2.75) is 37.1 Å². The van der Waals surface area contributed by atoms with Crippen LogP contribution in [0.15, 0.2) is 29.2 Å². The summed E-state index contributed by atoms with van der Waals surface area (Å²) in [4.78, 5) is 1.34. The van der Waals surface area contributed by atoms with Gasteiger partial charge in [0.1, 0.15) is 0 Å². The van der Waals surface area contributed by atoms with Crippen molar-refractivity contribution in [1.29, 1.82) is 0 Å². The van der Waals surface area contributed by atoms with Crippen LogP contribution in [0, 0.1) is 5.92 Å². The zero-order valence-corrected chi connectivity index (χ0v) is 10.3. The summed E-state index contributed by atoms with van der Waals surface area (Å²) in [6, 6.07) is 9.40. The van der Waals surface area contributed by atoms with E-state index in [-0.39, 0.29) is 0 Å². The minimum absolute atomic E-state index is 0.692. The molecule has 1 aliphatic rings. The van der Waals surface area contributed by atoms with Crippen molar-refractivity contribution in [2.24, 2.45) is 5.92 Å². The second kappa shape index (κ2) is 4.93. The Balaban J connectivity index is 1.98. The van der Waals surface area contributed by atoms with Gasteiger partial charge in [-0.15, -0.1) is 11.8 Å². The van der Waals surface area contributed by atoms with Gasteiger partial charge in [-0.3, -0.25) is 0 Å². The first kappa shape index (κ1) is 10.9. The number of hydrogen-bond donors (Lipinski definition) is 1. The molecule has 2 heteroatoms. The maximum atomic E-state index is 3.63. The highest BCUT2D eigenvalue weighted by molar-refractivity contribution is 7.98. The number of thioether (sulfide) groups is 1. The summed E-state index contributed by atoms with van der Waals surface area (Å²) in [7, 11) is 0. The highest BCUT2D eigenvalue weighted by Gasteiger charge is 2.20. The number of anilines is 1. The number of nitrogens with one attached hydrogen (secondary N) is 1. The summed E-state index contributed by atoms with van der Waals surface area (Å²) >= 11 is 1.80. The van der Waals surface area contributed by atoms with Gasteiger partial charge in [-0.05, 0) is 49.6 Å². The number of benzene rings is 1. The summed E-state index contributed by atoms with van der Waals surface area (Å²) in [5.41, 5.74) is 1.28. The lowest BCUT2D eigenvalue weighted by Crippen LogP contribution is -2.15. The van der Waals surface area contributed by atoms with E-state index in [1.165, 1.54) is 29.8 Å². The fourth-order valence-corrected chi connectivity index (χ4v) is 2.75. The summed E-state index contributed by atoms with van der Waals surface area (Å²) in [5.74, 6) is 0.895. The van der Waals surface area contributed by atoms with Gasteiger partial charge in [0.2, 0.25) is 0 Å². The lowest BCUT2D eigenvalue weighted by molar-refractivity contribution is 0.602. The van der Waals surface area contributed by atoms with Crippen molar-refractivity contribution in [3.05, 3.63) is 24.3 Å². The fourth-order valence-electron chi connectivity index (χ4n) is 2.29. The summed E-state index contributed by atoms with van der Waals surface area (Å²) in [5, 5.41) is 3.63. The van der Waals surface area contributed by atoms with Gasteiger partial charge in [0.25, 0.3) is 0 Å². The average Bonchev–Trinajstić information content (AvgIpc) is 2.64. The Morgan fingerprint density at radius 3 is 2.87 bits per heavy atom. The van der Waals surface area contributed by atoms with Crippen LogP contribution < -0.4 is 5.32 Å². The van der Waals surface area contributed by atoms with Crippen LogP contribution in [-0.4, -0.2) is 12.3 Å². The molecule has 0 amide bonds. The van der Waals surface area contributed by atoms with E-state index in [0.717, 1.165) is 5.92 Å². The van der Waals surface area contributed by atoms with Gasteiger partial charge in [-0.25, -0.2) is 0 Å². The molecule has 1 nitrogen and oxygen atoms in total. The molecule has 1 N–H and O–H groups in total. The largest absolute Gasteiger partial charge is 0.382 e. The van der Waals surface area contributed by atoms with Crippen molar-refractivity contribution < 1.29 is 0 Å². The molecule has 1 saturated carbocycles. The number of hydrogen-bond acceptors (Lipinski definition) is 2. The van der Waals surface area contributed by atoms with Gasteiger partial charge < -0.3 is 5.32 Å². The summed E-state index contributed by atoms with van der Waals surface area (Å²) in [6.45, 7) is 2.35. The van der Waals surface area contributed by atoms with Crippen molar-refractivity contribution in [3.63, 3.8) is 0 Å². The average molecular weight is 221 g/mol. The van der Waals surface area contributed by atoms with Gasteiger partial charge in [0, 0.05) is 16.6 Å². The molecule has 0 heterocycles. The zero-order valence-electron chi connectivity index (χ0n) is 9.49. The summed E-state index contributed by atoms with van der Waals surface area (Å²) < 4.78 is 0. The molecule has 0 aromatic heterocycles. The Bertz CT molecular complexity index is 324. The van der Waals surface area contributed by atoms with E-state index in [0.29, 0.717) is 6.04 Å². The quantitative estimate of drug-likeness (QED) is 0.774. The molecule has 0 bridgehead atoms. The zero-order chi connectivity index (χ0) is 10.7. The van der Waals surface area contributed by atoms with Crippen LogP contribution in [0.3, 0.4) is 0 Å². The van der Waals surface area contributed by atoms with E-state index in [4.69, 9.17) is 0 Å². The molecular weight excluding hydrogens is 202 g/mol. The van der Waals surface area contributed by atoms with Gasteiger partial charge in [0.15, 0.2) is 0 Å². The molecule has 0 unspecified atom stereocenters. The normalized spacial score (nSPS) is 25.5. The monoisotopic (exact) mass is 221 g/mol. The van der Waals surface area contributed by atoms with E-state index in [1.54, 1.807) is 11.8 Å². The molecule has 82 valence electrons. The van der Waals surface area contributed by atoms with Gasteiger partial charge >= 0.3 is 0 Å². The molecule has 1 aliphatic carbocycles. The molecule has 2 rings (SSSR count). The van der Waals surface area contributed by atoms with Crippen molar-refractivity contribution in [2.75, 3.05) is 11.6 Å². The predicted octanol–water partition coefficient (Wildman–Crippen LogP) is 4.01. The Labute approximate surface area is 96.7 Å². The minimum Gasteiger partial charge on any atom is -0.382 e. The van der Waals surface area contributed by atoms with Gasteiger partial charge in [-0.2, -0.15) is 0 Å². The topological polar surface area (TPSA) is 12.0 Å². The van der Waals surface area contributed by atoms with Crippen LogP contribution in [0.4, 0.5) is 5.69 Å². The third-order valence-electron chi connectivity index (χ3n) is 3.14. The Morgan fingerprint density at radius 2 is 2.20 bits per heavy atom. The van der Waals surface area contributed by atoms with Crippen LogP contribution in [0.1, 0.15) is 26.2 Å². The third-order valence-corrected chi connectivity index (χ3v) is 3.86. The first-order chi connectivity index (χ1) is 7.28. The smallest absolute Gasteiger partial charge is 0.0353 e. The lowest BCUT2D eigenvalue weighted by atomic mass is 10.1. The molecule has 1 aromatic carbocycles. The Hall–Kier alpha value is -0.630. The van der Waals surface area contributed by atoms with Crippen molar-refractivity contribution >= 4 is 17.4 Å². The molecule has 2 atom stereocenters. The Kier molecular flexibility index (Phi) is 3.57. The first-order valence-corrected chi connectivity index (χ1v) is 6.91. The molecule has 15 heavy (non-hydrogen) atoms. The van der Waals surface area contributed by atoms with E-state index >= 15 is 0 Å². The Morgan fingerprint density at radius 1 is 1.33 bits per heavy atom. The van der Waals surface area contributed by atoms with E-state index < -0.39 is 0 Å². The highest BCUT2D eigenvalue weighted by Crippen LogP contribution is 2.28. The van der Waals surface area contributed by atoms with E-state index in [1.807, 2.05) is 0 Å². The molecule has 0 radical (unpaired) electrons. The lowest BCUT2D eigenvalue weighted by Gasteiger charge is -2.14. The maximum Gasteiger partial charge on any atom is 0.0353 e. The van der Waals surface area contributed by atoms with Crippen LogP contribution in [0.5, 0.6) is 0 Å². The second-order valence-corrected chi connectivity index (χ2v) is 5.37. The standard InChI is InChI=1S/C13H19NS/c1-10-6-7-12(8-10)14-11-4-3-5-13(9-11)15-2/h3-5,9-10,12,14H,6-8H2,1-2H3/t10-,12+/m1/s1. The van der Waals surface area contributed by atoms with Gasteiger partial charge in [0.05, 0.1) is 0 Å². The van der Waals surface area contributed by atoms with Gasteiger partial charge in [-0.1, -0.05) is 13.0 Å². The predicted molar refractivity (Wildman–Crippen MR) is 68.6 cm³/mol. The van der Waals surface area contributed by atoms with Crippen LogP contribution in [0.2, 0.25) is 0 Å². The van der Waals surface area contributed by atoms with Crippen LogP contribution >= 0.6 is 11.8 Å². The fraction of sp³-hybridized carbons (Fsp3) is 0.538. The molecular formula is C13H19NS. The molecule has 0 spiro atoms. The minimum atomic E-state index is 0.692. The van der Waals surface area contributed by atoms with Crippen molar-refractivity contribution in [1.82, 2.24) is 0 Å². The molecule has 0 aliphatic heterocycles. The van der Waals surface area contributed by atoms with Crippen LogP contribution in [-0.2, 0) is 0 Å². The maximum absolute atomic E-state index is 3.63. The molecule has 0 saturated heterocycles.